The molecule has 0 aliphatic carbocycles. The Kier molecular flexibility index (Phi) is 4.39. The second-order valence-electron chi connectivity index (χ2n) is 5.23. The normalized spacial score (nSPS) is 19.1. The van der Waals surface area contributed by atoms with Gasteiger partial charge in [0.2, 0.25) is 0 Å². The van der Waals surface area contributed by atoms with Crippen molar-refractivity contribution in [3.05, 3.63) is 35.4 Å². The van der Waals surface area contributed by atoms with Gasteiger partial charge in [0, 0.05) is 12.1 Å². The van der Waals surface area contributed by atoms with Gasteiger partial charge in [0.1, 0.15) is 0 Å². The summed E-state index contributed by atoms with van der Waals surface area (Å²) < 4.78 is 5.11. The first-order valence-corrected chi connectivity index (χ1v) is 6.72. The van der Waals surface area contributed by atoms with E-state index in [9.17, 15) is 9.59 Å². The molecule has 5 nitrogen and oxygen atoms in total. The van der Waals surface area contributed by atoms with Crippen molar-refractivity contribution in [2.24, 2.45) is 0 Å². The Balaban J connectivity index is 2.08. The van der Waals surface area contributed by atoms with Gasteiger partial charge >= 0.3 is 5.97 Å². The highest BCUT2D eigenvalue weighted by atomic mass is 16.5. The third-order valence-electron chi connectivity index (χ3n) is 3.45. The SMILES string of the molecule is CC(C)c1ccc(C(=O)N2CCOC(C(=O)O)C2)cc1. The number of carboxylic acid groups (broad SMARTS) is 1. The van der Waals surface area contributed by atoms with Gasteiger partial charge in [-0.05, 0) is 23.6 Å². The van der Waals surface area contributed by atoms with E-state index in [1.807, 2.05) is 12.1 Å². The lowest BCUT2D eigenvalue weighted by molar-refractivity contribution is -0.154. The summed E-state index contributed by atoms with van der Waals surface area (Å²) in [5.41, 5.74) is 1.76. The van der Waals surface area contributed by atoms with Gasteiger partial charge in [0.05, 0.1) is 13.2 Å². The minimum atomic E-state index is -1.03. The molecule has 1 N–H and O–H groups in total. The van der Waals surface area contributed by atoms with Crippen molar-refractivity contribution in [1.82, 2.24) is 4.90 Å². The van der Waals surface area contributed by atoms with Gasteiger partial charge < -0.3 is 14.7 Å². The van der Waals surface area contributed by atoms with Gasteiger partial charge in [-0.25, -0.2) is 4.79 Å². The quantitative estimate of drug-likeness (QED) is 0.913. The Morgan fingerprint density at radius 2 is 1.95 bits per heavy atom. The maximum atomic E-state index is 12.3. The molecule has 1 aliphatic rings. The van der Waals surface area contributed by atoms with Crippen LogP contribution in [0.2, 0.25) is 0 Å². The van der Waals surface area contributed by atoms with Crippen molar-refractivity contribution in [3.8, 4) is 0 Å². The molecule has 0 aromatic heterocycles. The molecule has 1 fully saturated rings. The van der Waals surface area contributed by atoms with E-state index in [0.29, 0.717) is 18.0 Å². The fourth-order valence-corrected chi connectivity index (χ4v) is 2.18. The van der Waals surface area contributed by atoms with Crippen LogP contribution in [-0.4, -0.2) is 47.7 Å². The van der Waals surface area contributed by atoms with Crippen LogP contribution in [0.4, 0.5) is 0 Å². The van der Waals surface area contributed by atoms with Gasteiger partial charge in [-0.15, -0.1) is 0 Å². The number of carbonyl (C=O) groups excluding carboxylic acids is 1. The summed E-state index contributed by atoms with van der Waals surface area (Å²) in [7, 11) is 0. The van der Waals surface area contributed by atoms with E-state index >= 15 is 0 Å². The molecular formula is C15H19NO4. The first-order valence-electron chi connectivity index (χ1n) is 6.72. The number of hydrogen-bond acceptors (Lipinski definition) is 3. The zero-order chi connectivity index (χ0) is 14.7. The van der Waals surface area contributed by atoms with Crippen LogP contribution in [0.15, 0.2) is 24.3 Å². The number of carbonyl (C=O) groups is 2. The molecule has 1 aromatic rings. The summed E-state index contributed by atoms with van der Waals surface area (Å²) in [5, 5.41) is 8.94. The lowest BCUT2D eigenvalue weighted by Gasteiger charge is -2.31. The maximum Gasteiger partial charge on any atom is 0.334 e. The van der Waals surface area contributed by atoms with Crippen molar-refractivity contribution >= 4 is 11.9 Å². The molecule has 5 heteroatoms. The molecule has 1 amide bonds. The molecule has 1 heterocycles. The van der Waals surface area contributed by atoms with E-state index in [-0.39, 0.29) is 19.1 Å². The number of hydrogen-bond donors (Lipinski definition) is 1. The van der Waals surface area contributed by atoms with E-state index in [4.69, 9.17) is 9.84 Å². The lowest BCUT2D eigenvalue weighted by atomic mass is 10.0. The second kappa shape index (κ2) is 6.05. The summed E-state index contributed by atoms with van der Waals surface area (Å²) in [4.78, 5) is 24.8. The number of carboxylic acids is 1. The standard InChI is InChI=1S/C15H19NO4/c1-10(2)11-3-5-12(6-4-11)14(17)16-7-8-20-13(9-16)15(18)19/h3-6,10,13H,7-9H2,1-2H3,(H,18,19). The van der Waals surface area contributed by atoms with E-state index < -0.39 is 12.1 Å². The van der Waals surface area contributed by atoms with Crippen molar-refractivity contribution in [3.63, 3.8) is 0 Å². The molecule has 1 aromatic carbocycles. The summed E-state index contributed by atoms with van der Waals surface area (Å²) in [6, 6.07) is 7.46. The van der Waals surface area contributed by atoms with Crippen molar-refractivity contribution in [1.29, 1.82) is 0 Å². The number of nitrogens with zero attached hydrogens (tertiary/aromatic N) is 1. The van der Waals surface area contributed by atoms with E-state index in [0.717, 1.165) is 0 Å². The average Bonchev–Trinajstić information content (AvgIpc) is 2.46. The van der Waals surface area contributed by atoms with Crippen LogP contribution in [0.25, 0.3) is 0 Å². The van der Waals surface area contributed by atoms with Gasteiger partial charge in [0.15, 0.2) is 6.10 Å². The third kappa shape index (κ3) is 3.17. The smallest absolute Gasteiger partial charge is 0.334 e. The van der Waals surface area contributed by atoms with Crippen LogP contribution < -0.4 is 0 Å². The highest BCUT2D eigenvalue weighted by Crippen LogP contribution is 2.16. The van der Waals surface area contributed by atoms with Crippen LogP contribution in [0, 0.1) is 0 Å². The van der Waals surface area contributed by atoms with Crippen molar-refractivity contribution in [2.45, 2.75) is 25.9 Å². The maximum absolute atomic E-state index is 12.3. The Morgan fingerprint density at radius 3 is 2.50 bits per heavy atom. The predicted molar refractivity (Wildman–Crippen MR) is 73.8 cm³/mol. The molecule has 0 bridgehead atoms. The topological polar surface area (TPSA) is 66.8 Å². The zero-order valence-corrected chi connectivity index (χ0v) is 11.7. The number of aliphatic carboxylic acids is 1. The van der Waals surface area contributed by atoms with Gasteiger partial charge in [-0.2, -0.15) is 0 Å². The molecule has 2 rings (SSSR count). The molecular weight excluding hydrogens is 258 g/mol. The number of benzene rings is 1. The molecule has 1 unspecified atom stereocenters. The highest BCUT2D eigenvalue weighted by Gasteiger charge is 2.29. The predicted octanol–water partition coefficient (Wildman–Crippen LogP) is 1.74. The molecule has 1 atom stereocenters. The monoisotopic (exact) mass is 277 g/mol. The number of amides is 1. The summed E-state index contributed by atoms with van der Waals surface area (Å²) in [5.74, 6) is -0.758. The van der Waals surface area contributed by atoms with Crippen LogP contribution in [0.5, 0.6) is 0 Å². The molecule has 0 saturated carbocycles. The van der Waals surface area contributed by atoms with E-state index in [1.54, 1.807) is 12.1 Å². The highest BCUT2D eigenvalue weighted by molar-refractivity contribution is 5.94. The largest absolute Gasteiger partial charge is 0.479 e. The minimum absolute atomic E-state index is 0.0973. The minimum Gasteiger partial charge on any atom is -0.479 e. The number of rotatable bonds is 3. The summed E-state index contributed by atoms with van der Waals surface area (Å²) in [6.45, 7) is 4.97. The Hall–Kier alpha value is -1.88. The summed E-state index contributed by atoms with van der Waals surface area (Å²) >= 11 is 0. The van der Waals surface area contributed by atoms with E-state index in [1.165, 1.54) is 10.5 Å². The Bertz CT molecular complexity index is 495. The number of ether oxygens (including phenoxy) is 1. The van der Waals surface area contributed by atoms with Crippen LogP contribution in [0.1, 0.15) is 35.7 Å². The van der Waals surface area contributed by atoms with Crippen LogP contribution >= 0.6 is 0 Å². The molecule has 1 aliphatic heterocycles. The third-order valence-corrected chi connectivity index (χ3v) is 3.45. The molecule has 1 saturated heterocycles. The Morgan fingerprint density at radius 1 is 1.30 bits per heavy atom. The van der Waals surface area contributed by atoms with E-state index in [2.05, 4.69) is 13.8 Å². The summed E-state index contributed by atoms with van der Waals surface area (Å²) in [6.07, 6.45) is -0.928. The van der Waals surface area contributed by atoms with Crippen molar-refractivity contribution < 1.29 is 19.4 Å². The second-order valence-corrected chi connectivity index (χ2v) is 5.23. The lowest BCUT2D eigenvalue weighted by Crippen LogP contribution is -2.48. The van der Waals surface area contributed by atoms with Crippen molar-refractivity contribution in [2.75, 3.05) is 19.7 Å². The molecule has 108 valence electrons. The molecule has 0 spiro atoms. The zero-order valence-electron chi connectivity index (χ0n) is 11.7. The fraction of sp³-hybridized carbons (Fsp3) is 0.467. The van der Waals surface area contributed by atoms with Crippen LogP contribution in [-0.2, 0) is 9.53 Å². The fourth-order valence-electron chi connectivity index (χ4n) is 2.18. The van der Waals surface area contributed by atoms with Crippen LogP contribution in [0.3, 0.4) is 0 Å². The average molecular weight is 277 g/mol. The number of morpholine rings is 1. The van der Waals surface area contributed by atoms with Gasteiger partial charge in [0.25, 0.3) is 5.91 Å². The molecule has 0 radical (unpaired) electrons. The first kappa shape index (κ1) is 14.5. The van der Waals surface area contributed by atoms with Gasteiger partial charge in [-0.3, -0.25) is 4.79 Å². The molecule has 20 heavy (non-hydrogen) atoms. The Labute approximate surface area is 118 Å². The first-order chi connectivity index (χ1) is 9.49. The van der Waals surface area contributed by atoms with Gasteiger partial charge in [-0.1, -0.05) is 26.0 Å².